The smallest absolute Gasteiger partial charge is 0.333 e. The summed E-state index contributed by atoms with van der Waals surface area (Å²) in [6.45, 7) is 4.11. The number of nitrogens with one attached hydrogen (secondary N) is 1. The van der Waals surface area contributed by atoms with Crippen LogP contribution in [0.3, 0.4) is 0 Å². The van der Waals surface area contributed by atoms with E-state index in [1.165, 1.54) is 0 Å². The minimum Gasteiger partial charge on any atom is -0.387 e. The SMILES string of the molecule is COC1(OC)CC[C@@]2(C)[C@@H](CC[C@@H]3[C@@H]2CC[C@@]2(C)[C@H]3CC[C@@]2(O)CNc2c(F)c(N=[N+]=[N-])c(F)c(F)c2[N+](=O)[O-])C1. The third-order valence-corrected chi connectivity index (χ3v) is 11.9. The Morgan fingerprint density at radius 3 is 2.37 bits per heavy atom. The van der Waals surface area contributed by atoms with Crippen LogP contribution >= 0.6 is 0 Å². The van der Waals surface area contributed by atoms with Gasteiger partial charge in [0.15, 0.2) is 23.1 Å². The van der Waals surface area contributed by atoms with Gasteiger partial charge < -0.3 is 19.9 Å². The van der Waals surface area contributed by atoms with Crippen molar-refractivity contribution >= 4 is 17.1 Å². The highest BCUT2D eigenvalue weighted by Gasteiger charge is 2.65. The van der Waals surface area contributed by atoms with Gasteiger partial charge in [-0.1, -0.05) is 19.0 Å². The Kier molecular flexibility index (Phi) is 7.50. The maximum absolute atomic E-state index is 15.1. The van der Waals surface area contributed by atoms with E-state index >= 15 is 4.39 Å². The fourth-order valence-electron chi connectivity index (χ4n) is 9.39. The average molecular weight is 582 g/mol. The first-order chi connectivity index (χ1) is 19.3. The third kappa shape index (κ3) is 4.30. The Morgan fingerprint density at radius 2 is 1.73 bits per heavy atom. The fraction of sp³-hybridized carbons (Fsp3) is 0.786. The fourth-order valence-corrected chi connectivity index (χ4v) is 9.39. The lowest BCUT2D eigenvalue weighted by Gasteiger charge is -2.62. The molecule has 0 radical (unpaired) electrons. The molecule has 4 aliphatic rings. The Labute approximate surface area is 236 Å². The van der Waals surface area contributed by atoms with Crippen LogP contribution in [0, 0.1) is 62.1 Å². The number of hydrogen-bond donors (Lipinski definition) is 2. The summed E-state index contributed by atoms with van der Waals surface area (Å²) in [5.41, 5.74) is 3.16. The van der Waals surface area contributed by atoms with E-state index in [4.69, 9.17) is 15.0 Å². The van der Waals surface area contributed by atoms with E-state index in [2.05, 4.69) is 22.3 Å². The van der Waals surface area contributed by atoms with Crippen LogP contribution in [0.15, 0.2) is 5.11 Å². The highest BCUT2D eigenvalue weighted by atomic mass is 19.2. The van der Waals surface area contributed by atoms with E-state index in [1.54, 1.807) is 14.2 Å². The third-order valence-electron chi connectivity index (χ3n) is 11.9. The van der Waals surface area contributed by atoms with Crippen molar-refractivity contribution in [3.63, 3.8) is 0 Å². The first-order valence-electron chi connectivity index (χ1n) is 14.3. The van der Waals surface area contributed by atoms with Gasteiger partial charge in [0.05, 0.1) is 10.5 Å². The molecule has 0 saturated heterocycles. The second kappa shape index (κ2) is 10.3. The van der Waals surface area contributed by atoms with Crippen molar-refractivity contribution in [1.29, 1.82) is 0 Å². The van der Waals surface area contributed by atoms with Crippen LogP contribution < -0.4 is 5.32 Å². The summed E-state index contributed by atoms with van der Waals surface area (Å²) in [4.78, 5) is 12.7. The zero-order valence-electron chi connectivity index (χ0n) is 23.9. The van der Waals surface area contributed by atoms with Crippen LogP contribution in [-0.2, 0) is 9.47 Å². The van der Waals surface area contributed by atoms with Gasteiger partial charge in [-0.2, -0.15) is 4.39 Å². The monoisotopic (exact) mass is 581 g/mol. The normalized spacial score (nSPS) is 37.4. The molecule has 1 aromatic rings. The molecular formula is C28H38F3N5O5. The van der Waals surface area contributed by atoms with Gasteiger partial charge in [-0.15, -0.1) is 0 Å². The molecule has 0 heterocycles. The number of azide groups is 1. The van der Waals surface area contributed by atoms with Gasteiger partial charge in [-0.3, -0.25) is 10.1 Å². The van der Waals surface area contributed by atoms with Gasteiger partial charge in [0.25, 0.3) is 0 Å². The Balaban J connectivity index is 1.40. The number of ether oxygens (including phenoxy) is 2. The van der Waals surface area contributed by atoms with Crippen LogP contribution in [0.2, 0.25) is 0 Å². The van der Waals surface area contributed by atoms with E-state index in [-0.39, 0.29) is 17.9 Å². The molecule has 0 aromatic heterocycles. The molecule has 4 aliphatic carbocycles. The standard InChI is InChI=1S/C28H38F3N5O5/c1-25-11-12-28(40-3,41-4)13-15(25)5-6-16-17(25)7-9-26(2)18(16)8-10-27(26,37)14-33-23-21(31)22(34-35-32)19(29)20(30)24(23)36(38)39/h15-18,33,37H,5-14H2,1-4H3/t15-,16+,17-,18-,25-,26-,27+/m0/s1. The summed E-state index contributed by atoms with van der Waals surface area (Å²) in [5.74, 6) is -4.50. The maximum Gasteiger partial charge on any atom is 0.333 e. The second-order valence-electron chi connectivity index (χ2n) is 13.0. The highest BCUT2D eigenvalue weighted by molar-refractivity contribution is 5.70. The van der Waals surface area contributed by atoms with Gasteiger partial charge in [0.2, 0.25) is 5.82 Å². The predicted octanol–water partition coefficient (Wildman–Crippen LogP) is 7.13. The minimum absolute atomic E-state index is 0.122. The second-order valence-corrected chi connectivity index (χ2v) is 13.0. The van der Waals surface area contributed by atoms with Gasteiger partial charge in [-0.25, -0.2) is 8.78 Å². The van der Waals surface area contributed by atoms with Crippen molar-refractivity contribution in [3.05, 3.63) is 38.0 Å². The molecule has 10 nitrogen and oxygen atoms in total. The first-order valence-corrected chi connectivity index (χ1v) is 14.3. The van der Waals surface area contributed by atoms with Crippen molar-refractivity contribution in [2.24, 2.45) is 39.6 Å². The Morgan fingerprint density at radius 1 is 1.05 bits per heavy atom. The van der Waals surface area contributed by atoms with Crippen LogP contribution in [0.1, 0.15) is 71.6 Å². The van der Waals surface area contributed by atoms with Crippen molar-refractivity contribution < 1.29 is 32.7 Å². The van der Waals surface area contributed by atoms with Gasteiger partial charge in [0, 0.05) is 43.9 Å². The zero-order valence-corrected chi connectivity index (χ0v) is 23.9. The number of hydrogen-bond acceptors (Lipinski definition) is 7. The Hall–Kier alpha value is -2.60. The van der Waals surface area contributed by atoms with Crippen LogP contribution in [-0.4, -0.2) is 42.2 Å². The van der Waals surface area contributed by atoms with Gasteiger partial charge >= 0.3 is 5.69 Å². The lowest BCUT2D eigenvalue weighted by atomic mass is 9.44. The van der Waals surface area contributed by atoms with E-state index in [0.29, 0.717) is 30.6 Å². The molecule has 5 rings (SSSR count). The summed E-state index contributed by atoms with van der Waals surface area (Å²) in [6, 6.07) is 0. The lowest BCUT2D eigenvalue weighted by Crippen LogP contribution is -2.59. The number of aliphatic hydroxyl groups is 1. The van der Waals surface area contributed by atoms with E-state index in [1.807, 2.05) is 6.92 Å². The molecule has 0 aliphatic heterocycles. The molecule has 1 aromatic carbocycles. The summed E-state index contributed by atoms with van der Waals surface area (Å²) < 4.78 is 55.6. The largest absolute Gasteiger partial charge is 0.387 e. The van der Waals surface area contributed by atoms with Crippen molar-refractivity contribution in [1.82, 2.24) is 0 Å². The number of nitro groups is 1. The molecule has 41 heavy (non-hydrogen) atoms. The molecule has 0 amide bonds. The van der Waals surface area contributed by atoms with Crippen molar-refractivity contribution in [2.75, 3.05) is 26.1 Å². The zero-order chi connectivity index (χ0) is 30.0. The molecular weight excluding hydrogens is 543 g/mol. The number of halogens is 3. The highest BCUT2D eigenvalue weighted by Crippen LogP contribution is 2.69. The van der Waals surface area contributed by atoms with Crippen LogP contribution in [0.25, 0.3) is 10.4 Å². The Bertz CT molecular complexity index is 1290. The summed E-state index contributed by atoms with van der Waals surface area (Å²) in [5, 5.41) is 29.0. The van der Waals surface area contributed by atoms with E-state index < -0.39 is 56.2 Å². The van der Waals surface area contributed by atoms with Crippen molar-refractivity contribution in [3.8, 4) is 0 Å². The molecule has 13 heteroatoms. The van der Waals surface area contributed by atoms with E-state index in [9.17, 15) is 24.0 Å². The average Bonchev–Trinajstić information content (AvgIpc) is 3.22. The summed E-state index contributed by atoms with van der Waals surface area (Å²) in [7, 11) is 3.41. The molecule has 0 bridgehead atoms. The number of fused-ring (bicyclic) bond motifs is 5. The molecule has 4 saturated carbocycles. The maximum atomic E-state index is 15.1. The van der Waals surface area contributed by atoms with Gasteiger partial charge in [-0.05, 0) is 79.6 Å². The molecule has 0 spiro atoms. The number of methoxy groups -OCH3 is 2. The molecule has 4 fully saturated rings. The lowest BCUT2D eigenvalue weighted by molar-refractivity contribution is -0.387. The topological polar surface area (TPSA) is 143 Å². The summed E-state index contributed by atoms with van der Waals surface area (Å²) >= 11 is 0. The number of benzene rings is 1. The quantitative estimate of drug-likeness (QED) is 0.0667. The van der Waals surface area contributed by atoms with Crippen molar-refractivity contribution in [2.45, 2.75) is 83.0 Å². The van der Waals surface area contributed by atoms with E-state index in [0.717, 1.165) is 44.9 Å². The van der Waals surface area contributed by atoms with Crippen LogP contribution in [0.4, 0.5) is 30.2 Å². The number of nitro benzene ring substituents is 1. The molecule has 226 valence electrons. The minimum atomic E-state index is -1.94. The molecule has 0 unspecified atom stereocenters. The summed E-state index contributed by atoms with van der Waals surface area (Å²) in [6.07, 6.45) is 7.44. The predicted molar refractivity (Wildman–Crippen MR) is 144 cm³/mol. The van der Waals surface area contributed by atoms with Crippen LogP contribution in [0.5, 0.6) is 0 Å². The number of nitrogens with zero attached hydrogens (tertiary/aromatic N) is 4. The number of rotatable bonds is 7. The molecule has 2 N–H and O–H groups in total. The van der Waals surface area contributed by atoms with Gasteiger partial charge in [0.1, 0.15) is 5.69 Å². The molecule has 7 atom stereocenters. The first kappa shape index (κ1) is 29.9. The number of anilines is 1.